The highest BCUT2D eigenvalue weighted by Crippen LogP contribution is 2.69. The summed E-state index contributed by atoms with van der Waals surface area (Å²) in [7, 11) is -9.98. The van der Waals surface area contributed by atoms with Crippen molar-refractivity contribution in [2.24, 2.45) is 23.7 Å². The first-order chi connectivity index (χ1) is 31.1. The molecule has 0 amide bonds. The van der Waals surface area contributed by atoms with Gasteiger partial charge in [0.2, 0.25) is 0 Å². The second-order valence-electron chi connectivity index (χ2n) is 25.4. The molecular formula is C60H84Si6. The average molecular weight is 974 g/mol. The van der Waals surface area contributed by atoms with Gasteiger partial charge in [0.25, 0.3) is 0 Å². The van der Waals surface area contributed by atoms with Gasteiger partial charge in [0.05, 0.1) is 32.3 Å². The fourth-order valence-electron chi connectivity index (χ4n) is 16.7. The van der Waals surface area contributed by atoms with Crippen LogP contribution in [0.1, 0.15) is 77.6 Å². The summed E-state index contributed by atoms with van der Waals surface area (Å²) in [5, 5.41) is 0. The molecule has 0 nitrogen and oxygen atoms in total. The van der Waals surface area contributed by atoms with Gasteiger partial charge in [0, 0.05) is 0 Å². The van der Waals surface area contributed by atoms with Crippen LogP contribution >= 0.6 is 0 Å². The van der Waals surface area contributed by atoms with E-state index in [1.165, 1.54) is 46.4 Å². The highest BCUT2D eigenvalue weighted by molar-refractivity contribution is 7.23. The van der Waals surface area contributed by atoms with E-state index in [1.54, 1.807) is 22.3 Å². The summed E-state index contributed by atoms with van der Waals surface area (Å²) in [4.78, 5) is 8.22. The molecule has 10 rings (SSSR count). The van der Waals surface area contributed by atoms with Crippen molar-refractivity contribution in [3.63, 3.8) is 0 Å². The van der Waals surface area contributed by atoms with Gasteiger partial charge in [-0.25, -0.2) is 0 Å². The van der Waals surface area contributed by atoms with Crippen molar-refractivity contribution in [3.8, 4) is 0 Å². The average Bonchev–Trinajstić information content (AvgIpc) is 3.78. The Kier molecular flexibility index (Phi) is 12.4. The lowest BCUT2D eigenvalue weighted by molar-refractivity contribution is 0.557. The van der Waals surface area contributed by atoms with Crippen LogP contribution < -0.4 is 0 Å². The summed E-state index contributed by atoms with van der Waals surface area (Å²) in [6.07, 6.45) is 0. The summed E-state index contributed by atoms with van der Waals surface area (Å²) in [5.74, 6) is 3.42. The van der Waals surface area contributed by atoms with Crippen LogP contribution in [-0.4, -0.2) is 48.4 Å². The quantitative estimate of drug-likeness (QED) is 0.179. The van der Waals surface area contributed by atoms with E-state index in [9.17, 15) is 0 Å². The summed E-state index contributed by atoms with van der Waals surface area (Å²) in [5.41, 5.74) is 16.2. The molecule has 4 aromatic carbocycles. The molecule has 4 saturated heterocycles. The van der Waals surface area contributed by atoms with E-state index < -0.39 is 48.4 Å². The minimum Gasteiger partial charge on any atom is -0.0779 e. The first-order valence-corrected chi connectivity index (χ1v) is 43.4. The lowest BCUT2D eigenvalue weighted by Crippen LogP contribution is -2.64. The minimum atomic E-state index is -1.76. The van der Waals surface area contributed by atoms with Gasteiger partial charge in [0.15, 0.2) is 0 Å². The standard InChI is InChI=1S/2C30H42Si3/c2*1-21-19-33-20-22(2)24(4)32(7,8)30(33)28(26-17-13-10-14-18-26)27(25-15-11-9-12-16-25)29(33)31(5,6)23(21)3/h2*9-18,21-24H,19-20H2,1-8H3/t2*21-,22-,23+,24+,33?/m10/s1. The SMILES string of the molecule is C[C@@H]1C[Si]23C[C@@H](C)[C@H](C)[Si](C)(C)C2=C(c2ccccc2)C(c2ccccc2)=C3[Si](C)(C)[C@H]1C.C[C@@H]1[C@@H](C)C[Si]23C[C@H](C)[C@@H](C)[Si](C)(C)C2=C(c2ccccc2)C(c2ccccc2)=C3[Si]1(C)C. The van der Waals surface area contributed by atoms with Crippen molar-refractivity contribution < 1.29 is 0 Å². The highest BCUT2D eigenvalue weighted by atomic mass is 28.4. The molecule has 4 aromatic rings. The second-order valence-corrected chi connectivity index (χ2v) is 54.8. The molecule has 6 heteroatoms. The van der Waals surface area contributed by atoms with Crippen LogP contribution in [0.15, 0.2) is 141 Å². The predicted molar refractivity (Wildman–Crippen MR) is 308 cm³/mol. The molecule has 0 aromatic heterocycles. The van der Waals surface area contributed by atoms with Gasteiger partial charge in [-0.1, -0.05) is 248 Å². The summed E-state index contributed by atoms with van der Waals surface area (Å²) in [6, 6.07) is 52.2. The van der Waals surface area contributed by atoms with Crippen molar-refractivity contribution in [3.05, 3.63) is 163 Å². The first kappa shape index (κ1) is 48.2. The Morgan fingerprint density at radius 2 is 0.439 bits per heavy atom. The van der Waals surface area contributed by atoms with Gasteiger partial charge in [-0.2, -0.15) is 0 Å². The zero-order chi connectivity index (χ0) is 47.5. The Bertz CT molecular complexity index is 2250. The highest BCUT2D eigenvalue weighted by Gasteiger charge is 2.67. The summed E-state index contributed by atoms with van der Waals surface area (Å²) in [6.45, 7) is 42.8. The molecular weight excluding hydrogens is 889 g/mol. The number of hydrogen-bond acceptors (Lipinski definition) is 0. The van der Waals surface area contributed by atoms with Gasteiger partial charge in [-0.05, 0) is 115 Å². The molecule has 0 aliphatic carbocycles. The molecule has 348 valence electrons. The van der Waals surface area contributed by atoms with Crippen LogP contribution in [0.4, 0.5) is 0 Å². The van der Waals surface area contributed by atoms with Crippen molar-refractivity contribution in [2.45, 2.75) is 154 Å². The Hall–Kier alpha value is -2.86. The monoisotopic (exact) mass is 973 g/mol. The molecule has 6 heterocycles. The molecule has 0 saturated carbocycles. The maximum absolute atomic E-state index is 2.74. The van der Waals surface area contributed by atoms with E-state index in [2.05, 4.69) is 248 Å². The summed E-state index contributed by atoms with van der Waals surface area (Å²) >= 11 is 0. The maximum atomic E-state index is 2.74. The van der Waals surface area contributed by atoms with Crippen LogP contribution in [0.25, 0.3) is 22.3 Å². The van der Waals surface area contributed by atoms with Gasteiger partial charge < -0.3 is 0 Å². The van der Waals surface area contributed by atoms with Crippen LogP contribution in [0, 0.1) is 23.7 Å². The smallest absolute Gasteiger partial charge is 0.0779 e. The fraction of sp³-hybridized carbons (Fsp3) is 0.467. The van der Waals surface area contributed by atoms with Gasteiger partial charge in [0.1, 0.15) is 16.1 Å². The second kappa shape index (κ2) is 16.9. The number of allylic oxidation sites excluding steroid dienone is 4. The van der Waals surface area contributed by atoms with Crippen molar-refractivity contribution >= 4 is 70.7 Å². The van der Waals surface area contributed by atoms with Gasteiger partial charge in [-0.15, -0.1) is 0 Å². The maximum Gasteiger partial charge on any atom is 0.102 e. The lowest BCUT2D eigenvalue weighted by atomic mass is 9.95. The minimum absolute atomic E-state index is 0.847. The van der Waals surface area contributed by atoms with Gasteiger partial charge in [-0.3, -0.25) is 0 Å². The van der Waals surface area contributed by atoms with E-state index in [1.807, 2.05) is 0 Å². The van der Waals surface area contributed by atoms with Crippen molar-refractivity contribution in [1.29, 1.82) is 0 Å². The predicted octanol–water partition coefficient (Wildman–Crippen LogP) is 18.0. The Labute approximate surface area is 408 Å². The van der Waals surface area contributed by atoms with E-state index >= 15 is 0 Å². The van der Waals surface area contributed by atoms with Crippen LogP contribution in [0.2, 0.25) is 98.7 Å². The zero-order valence-corrected chi connectivity index (χ0v) is 50.0. The number of benzene rings is 4. The van der Waals surface area contributed by atoms with Crippen molar-refractivity contribution in [1.82, 2.24) is 0 Å². The number of rotatable bonds is 4. The summed E-state index contributed by atoms with van der Waals surface area (Å²) < 4.78 is 0. The molecule has 0 radical (unpaired) electrons. The fourth-order valence-corrected chi connectivity index (χ4v) is 67.7. The molecule has 66 heavy (non-hydrogen) atoms. The van der Waals surface area contributed by atoms with Crippen molar-refractivity contribution in [2.75, 3.05) is 0 Å². The first-order valence-electron chi connectivity index (χ1n) is 26.3. The lowest BCUT2D eigenvalue weighted by Gasteiger charge is -2.58. The topological polar surface area (TPSA) is 0 Å². The molecule has 6 aliphatic rings. The van der Waals surface area contributed by atoms with Crippen LogP contribution in [0.5, 0.6) is 0 Å². The normalized spacial score (nSPS) is 31.9. The Morgan fingerprint density at radius 3 is 0.606 bits per heavy atom. The third-order valence-corrected chi connectivity index (χ3v) is 62.1. The molecule has 2 spiro atoms. The van der Waals surface area contributed by atoms with Gasteiger partial charge >= 0.3 is 0 Å². The van der Waals surface area contributed by atoms with E-state index in [0.29, 0.717) is 0 Å². The van der Waals surface area contributed by atoms with E-state index in [-0.39, 0.29) is 0 Å². The Balaban J connectivity index is 0.000000166. The molecule has 0 N–H and O–H groups in total. The third-order valence-electron chi connectivity index (χ3n) is 20.9. The van der Waals surface area contributed by atoms with Crippen LogP contribution in [-0.2, 0) is 0 Å². The third kappa shape index (κ3) is 7.05. The van der Waals surface area contributed by atoms with E-state index in [0.717, 1.165) is 45.8 Å². The molecule has 6 aliphatic heterocycles. The van der Waals surface area contributed by atoms with Crippen LogP contribution in [0.3, 0.4) is 0 Å². The largest absolute Gasteiger partial charge is 0.102 e. The molecule has 8 atom stereocenters. The zero-order valence-electron chi connectivity index (χ0n) is 44.0. The molecule has 0 unspecified atom stereocenters. The Morgan fingerprint density at radius 1 is 0.273 bits per heavy atom. The number of hydrogen-bond donors (Lipinski definition) is 0. The molecule has 0 bridgehead atoms. The van der Waals surface area contributed by atoms with E-state index in [4.69, 9.17) is 0 Å². The molecule has 4 fully saturated rings.